The minimum absolute atomic E-state index is 0.262. The highest BCUT2D eigenvalue weighted by atomic mass is 35.5. The van der Waals surface area contributed by atoms with Crippen LogP contribution in [0.1, 0.15) is 13.8 Å². The molecule has 2 heteroatoms. The summed E-state index contributed by atoms with van der Waals surface area (Å²) in [5.74, 6) is 0. The van der Waals surface area contributed by atoms with E-state index < -0.39 is 0 Å². The molecule has 0 saturated heterocycles. The SMILES string of the molecule is CC(C)(N)/C=C\Cl. The van der Waals surface area contributed by atoms with Gasteiger partial charge in [-0.05, 0) is 13.8 Å². The van der Waals surface area contributed by atoms with Crippen LogP contribution >= 0.6 is 11.6 Å². The monoisotopic (exact) mass is 119 g/mol. The average Bonchev–Trinajstić information content (AvgIpc) is 1.30. The lowest BCUT2D eigenvalue weighted by Gasteiger charge is -2.09. The van der Waals surface area contributed by atoms with Gasteiger partial charge < -0.3 is 5.73 Å². The molecule has 0 aromatic carbocycles. The summed E-state index contributed by atoms with van der Waals surface area (Å²) in [7, 11) is 0. The van der Waals surface area contributed by atoms with Crippen molar-refractivity contribution < 1.29 is 0 Å². The first kappa shape index (κ1) is 6.99. The van der Waals surface area contributed by atoms with Crippen LogP contribution < -0.4 is 5.73 Å². The maximum atomic E-state index is 5.47. The predicted octanol–water partition coefficient (Wildman–Crippen LogP) is 1.48. The van der Waals surface area contributed by atoms with Gasteiger partial charge in [-0.25, -0.2) is 0 Å². The van der Waals surface area contributed by atoms with Crippen LogP contribution in [-0.2, 0) is 0 Å². The van der Waals surface area contributed by atoms with Gasteiger partial charge in [0.25, 0.3) is 0 Å². The summed E-state index contributed by atoms with van der Waals surface area (Å²) < 4.78 is 0. The number of nitrogens with two attached hydrogens (primary N) is 1. The molecule has 1 nitrogen and oxygen atoms in total. The molecular weight excluding hydrogens is 110 g/mol. The number of rotatable bonds is 1. The summed E-state index contributed by atoms with van der Waals surface area (Å²) in [6.45, 7) is 3.76. The molecule has 0 unspecified atom stereocenters. The standard InChI is InChI=1S/C5H10ClN/c1-5(2,7)3-4-6/h3-4H,7H2,1-2H3/b4-3-. The van der Waals surface area contributed by atoms with Crippen molar-refractivity contribution in [1.29, 1.82) is 0 Å². The quantitative estimate of drug-likeness (QED) is 0.556. The lowest BCUT2D eigenvalue weighted by atomic mass is 10.1. The van der Waals surface area contributed by atoms with Crippen LogP contribution in [0.3, 0.4) is 0 Å². The van der Waals surface area contributed by atoms with Crippen LogP contribution in [0.4, 0.5) is 0 Å². The van der Waals surface area contributed by atoms with E-state index in [9.17, 15) is 0 Å². The van der Waals surface area contributed by atoms with E-state index in [0.717, 1.165) is 0 Å². The summed E-state index contributed by atoms with van der Waals surface area (Å²) in [6, 6.07) is 0. The van der Waals surface area contributed by atoms with E-state index >= 15 is 0 Å². The Hall–Kier alpha value is -0.0100. The van der Waals surface area contributed by atoms with Crippen molar-refractivity contribution in [2.45, 2.75) is 19.4 Å². The molecule has 42 valence electrons. The third kappa shape index (κ3) is 5.99. The van der Waals surface area contributed by atoms with Crippen LogP contribution in [0.2, 0.25) is 0 Å². The molecule has 0 radical (unpaired) electrons. The van der Waals surface area contributed by atoms with Gasteiger partial charge in [0.05, 0.1) is 0 Å². The minimum Gasteiger partial charge on any atom is -0.322 e. The second-order valence-electron chi connectivity index (χ2n) is 2.11. The van der Waals surface area contributed by atoms with Crippen molar-refractivity contribution in [3.8, 4) is 0 Å². The lowest BCUT2D eigenvalue weighted by Crippen LogP contribution is -2.28. The van der Waals surface area contributed by atoms with Crippen molar-refractivity contribution >= 4 is 11.6 Å². The van der Waals surface area contributed by atoms with E-state index in [0.29, 0.717) is 0 Å². The Morgan fingerprint density at radius 3 is 2.00 bits per heavy atom. The minimum atomic E-state index is -0.262. The Bertz CT molecular complexity index is 70.6. The predicted molar refractivity (Wildman–Crippen MR) is 33.3 cm³/mol. The first-order valence-corrected chi connectivity index (χ1v) is 2.57. The third-order valence-electron chi connectivity index (χ3n) is 0.493. The van der Waals surface area contributed by atoms with Crippen molar-refractivity contribution in [1.82, 2.24) is 0 Å². The van der Waals surface area contributed by atoms with E-state index in [2.05, 4.69) is 0 Å². The summed E-state index contributed by atoms with van der Waals surface area (Å²) >= 11 is 5.23. The highest BCUT2D eigenvalue weighted by molar-refractivity contribution is 6.25. The Morgan fingerprint density at radius 1 is 1.57 bits per heavy atom. The van der Waals surface area contributed by atoms with Crippen LogP contribution in [-0.4, -0.2) is 5.54 Å². The van der Waals surface area contributed by atoms with Crippen molar-refractivity contribution in [2.75, 3.05) is 0 Å². The third-order valence-corrected chi connectivity index (χ3v) is 0.619. The lowest BCUT2D eigenvalue weighted by molar-refractivity contribution is 0.655. The summed E-state index contributed by atoms with van der Waals surface area (Å²) in [6.07, 6.45) is 1.73. The number of hydrogen-bond donors (Lipinski definition) is 1. The zero-order valence-corrected chi connectivity index (χ0v) is 5.37. The average molecular weight is 120 g/mol. The molecule has 0 saturated carbocycles. The second kappa shape index (κ2) is 2.34. The second-order valence-corrected chi connectivity index (χ2v) is 2.37. The molecular formula is C5H10ClN. The summed E-state index contributed by atoms with van der Waals surface area (Å²) in [5.41, 5.74) is 6.64. The van der Waals surface area contributed by atoms with Crippen LogP contribution in [0.25, 0.3) is 0 Å². The molecule has 2 N–H and O–H groups in total. The highest BCUT2D eigenvalue weighted by Crippen LogP contribution is 1.98. The zero-order chi connectivity index (χ0) is 5.91. The molecule has 0 aromatic rings. The number of hydrogen-bond acceptors (Lipinski definition) is 1. The van der Waals surface area contributed by atoms with E-state index in [1.807, 2.05) is 13.8 Å². The van der Waals surface area contributed by atoms with E-state index in [-0.39, 0.29) is 5.54 Å². The van der Waals surface area contributed by atoms with Gasteiger partial charge in [0.15, 0.2) is 0 Å². The van der Waals surface area contributed by atoms with Gasteiger partial charge in [-0.15, -0.1) is 0 Å². The Kier molecular flexibility index (Phi) is 2.33. The maximum Gasteiger partial charge on any atom is 0.0293 e. The largest absolute Gasteiger partial charge is 0.322 e. The first-order chi connectivity index (χ1) is 3.06. The van der Waals surface area contributed by atoms with Gasteiger partial charge in [0.2, 0.25) is 0 Å². The topological polar surface area (TPSA) is 26.0 Å². The fourth-order valence-corrected chi connectivity index (χ4v) is 0.487. The van der Waals surface area contributed by atoms with Gasteiger partial charge in [-0.3, -0.25) is 0 Å². The molecule has 0 rings (SSSR count). The summed E-state index contributed by atoms with van der Waals surface area (Å²) in [4.78, 5) is 0. The molecule has 0 aromatic heterocycles. The van der Waals surface area contributed by atoms with Gasteiger partial charge in [-0.2, -0.15) is 0 Å². The van der Waals surface area contributed by atoms with E-state index in [1.165, 1.54) is 5.54 Å². The zero-order valence-electron chi connectivity index (χ0n) is 4.61. The van der Waals surface area contributed by atoms with Crippen molar-refractivity contribution in [3.63, 3.8) is 0 Å². The molecule has 7 heavy (non-hydrogen) atoms. The van der Waals surface area contributed by atoms with Crippen molar-refractivity contribution in [3.05, 3.63) is 11.6 Å². The molecule has 0 spiro atoms. The molecule has 0 aliphatic carbocycles. The fourth-order valence-electron chi connectivity index (χ4n) is 0.162. The molecule has 0 atom stereocenters. The molecule has 0 heterocycles. The van der Waals surface area contributed by atoms with Gasteiger partial charge in [0.1, 0.15) is 0 Å². The van der Waals surface area contributed by atoms with Crippen LogP contribution in [0.5, 0.6) is 0 Å². The van der Waals surface area contributed by atoms with Gasteiger partial charge in [-0.1, -0.05) is 17.7 Å². The van der Waals surface area contributed by atoms with E-state index in [1.54, 1.807) is 6.08 Å². The number of halogens is 1. The Balaban J connectivity index is 3.56. The summed E-state index contributed by atoms with van der Waals surface area (Å²) in [5, 5.41) is 0. The van der Waals surface area contributed by atoms with Crippen molar-refractivity contribution in [2.24, 2.45) is 5.73 Å². The van der Waals surface area contributed by atoms with E-state index in [4.69, 9.17) is 17.3 Å². The molecule has 0 aliphatic rings. The first-order valence-electron chi connectivity index (χ1n) is 2.13. The van der Waals surface area contributed by atoms with Crippen LogP contribution in [0, 0.1) is 0 Å². The molecule has 0 aliphatic heterocycles. The fraction of sp³-hybridized carbons (Fsp3) is 0.600. The highest BCUT2D eigenvalue weighted by Gasteiger charge is 2.01. The van der Waals surface area contributed by atoms with Crippen LogP contribution in [0.15, 0.2) is 11.6 Å². The Morgan fingerprint density at radius 2 is 2.00 bits per heavy atom. The molecule has 0 fully saturated rings. The molecule has 0 bridgehead atoms. The normalized spacial score (nSPS) is 13.1. The Labute approximate surface area is 49.2 Å². The smallest absolute Gasteiger partial charge is 0.0293 e. The van der Waals surface area contributed by atoms with Gasteiger partial charge >= 0.3 is 0 Å². The maximum absolute atomic E-state index is 5.47. The molecule has 0 amide bonds. The van der Waals surface area contributed by atoms with Gasteiger partial charge in [0, 0.05) is 11.1 Å².